The van der Waals surface area contributed by atoms with Gasteiger partial charge in [-0.3, -0.25) is 0 Å². The van der Waals surface area contributed by atoms with Crippen LogP contribution in [0.2, 0.25) is 0 Å². The molecule has 0 radical (unpaired) electrons. The molecule has 1 aromatic carbocycles. The fraction of sp³-hybridized carbons (Fsp3) is 0.273. The first-order valence-electron chi connectivity index (χ1n) is 4.33. The predicted octanol–water partition coefficient (Wildman–Crippen LogP) is 3.39. The normalized spacial score (nSPS) is 11.8. The molecule has 12 heavy (non-hydrogen) atoms. The van der Waals surface area contributed by atoms with Crippen LogP contribution in [-0.2, 0) is 6.42 Å². The van der Waals surface area contributed by atoms with Gasteiger partial charge in [-0.25, -0.2) is 0 Å². The van der Waals surface area contributed by atoms with Crippen molar-refractivity contribution in [1.82, 2.24) is 0 Å². The molecule has 62 valence electrons. The van der Waals surface area contributed by atoms with E-state index >= 15 is 0 Å². The first-order valence-corrected chi connectivity index (χ1v) is 4.33. The van der Waals surface area contributed by atoms with Gasteiger partial charge in [0.05, 0.1) is 0 Å². The summed E-state index contributed by atoms with van der Waals surface area (Å²) in [6, 6.07) is 4.08. The standard InChI is InChI=1S/C11H12O/c1-3-5-9-8(4-2)6-7-10-11(9)12-10/h4,6-7H,2-3,5H2,1H3. The van der Waals surface area contributed by atoms with Crippen LogP contribution in [0.3, 0.4) is 0 Å². The Bertz CT molecular complexity index is 326. The Morgan fingerprint density at radius 1 is 1.50 bits per heavy atom. The van der Waals surface area contributed by atoms with Crippen molar-refractivity contribution in [2.75, 3.05) is 0 Å². The molecule has 0 saturated heterocycles. The van der Waals surface area contributed by atoms with E-state index in [0.29, 0.717) is 0 Å². The first-order chi connectivity index (χ1) is 5.86. The fourth-order valence-corrected chi connectivity index (χ4v) is 1.50. The van der Waals surface area contributed by atoms with E-state index in [9.17, 15) is 0 Å². The minimum atomic E-state index is 1.05. The Morgan fingerprint density at radius 3 is 3.00 bits per heavy atom. The maximum Gasteiger partial charge on any atom is 0.173 e. The van der Waals surface area contributed by atoms with Crippen molar-refractivity contribution in [3.05, 3.63) is 29.8 Å². The van der Waals surface area contributed by atoms with Gasteiger partial charge in [0.15, 0.2) is 11.5 Å². The molecule has 1 aliphatic rings. The molecule has 1 heterocycles. The summed E-state index contributed by atoms with van der Waals surface area (Å²) in [6.07, 6.45) is 4.14. The lowest BCUT2D eigenvalue weighted by atomic mass is 10.0. The highest BCUT2D eigenvalue weighted by Gasteiger charge is 2.24. The third-order valence-electron chi connectivity index (χ3n) is 2.15. The molecule has 0 N–H and O–H groups in total. The van der Waals surface area contributed by atoms with Gasteiger partial charge in [0.25, 0.3) is 0 Å². The molecule has 0 fully saturated rings. The zero-order valence-corrected chi connectivity index (χ0v) is 7.26. The number of hydrogen-bond donors (Lipinski definition) is 0. The molecule has 2 rings (SSSR count). The van der Waals surface area contributed by atoms with E-state index in [0.717, 1.165) is 24.3 Å². The molecular weight excluding hydrogens is 148 g/mol. The topological polar surface area (TPSA) is 12.5 Å². The minimum Gasteiger partial charge on any atom is -0.449 e. The largest absolute Gasteiger partial charge is 0.449 e. The van der Waals surface area contributed by atoms with Crippen LogP contribution < -0.4 is 4.74 Å². The maximum atomic E-state index is 5.32. The molecule has 0 atom stereocenters. The Labute approximate surface area is 72.7 Å². The zero-order valence-electron chi connectivity index (χ0n) is 7.26. The Hall–Kier alpha value is -1.24. The lowest BCUT2D eigenvalue weighted by Gasteiger charge is -1.99. The van der Waals surface area contributed by atoms with E-state index in [1.54, 1.807) is 0 Å². The second-order valence-corrected chi connectivity index (χ2v) is 3.02. The third-order valence-corrected chi connectivity index (χ3v) is 2.15. The van der Waals surface area contributed by atoms with Gasteiger partial charge in [0, 0.05) is 5.56 Å². The quantitative estimate of drug-likeness (QED) is 0.627. The van der Waals surface area contributed by atoms with Crippen molar-refractivity contribution in [2.24, 2.45) is 0 Å². The summed E-state index contributed by atoms with van der Waals surface area (Å²) >= 11 is 0. The number of benzene rings is 1. The SMILES string of the molecule is C=Cc1ccc2c(c1CCC)O2. The van der Waals surface area contributed by atoms with Crippen LogP contribution in [0, 0.1) is 0 Å². The molecular formula is C11H12O. The predicted molar refractivity (Wildman–Crippen MR) is 50.6 cm³/mol. The number of fused-ring (bicyclic) bond motifs is 1. The number of rotatable bonds is 3. The molecule has 1 aliphatic heterocycles. The summed E-state index contributed by atoms with van der Waals surface area (Å²) in [6.45, 7) is 5.96. The highest BCUT2D eigenvalue weighted by Crippen LogP contribution is 2.49. The molecule has 1 heteroatoms. The van der Waals surface area contributed by atoms with E-state index in [-0.39, 0.29) is 0 Å². The smallest absolute Gasteiger partial charge is 0.173 e. The van der Waals surface area contributed by atoms with E-state index < -0.39 is 0 Å². The van der Waals surface area contributed by atoms with Crippen LogP contribution >= 0.6 is 0 Å². The summed E-state index contributed by atoms with van der Waals surface area (Å²) in [5, 5.41) is 0. The van der Waals surface area contributed by atoms with Crippen molar-refractivity contribution in [2.45, 2.75) is 19.8 Å². The number of ether oxygens (including phenoxy) is 1. The molecule has 0 amide bonds. The van der Waals surface area contributed by atoms with Crippen molar-refractivity contribution in [3.8, 4) is 11.5 Å². The fourth-order valence-electron chi connectivity index (χ4n) is 1.50. The average Bonchev–Trinajstić information content (AvgIpc) is 2.84. The molecule has 0 spiro atoms. The second-order valence-electron chi connectivity index (χ2n) is 3.02. The van der Waals surface area contributed by atoms with Gasteiger partial charge < -0.3 is 4.74 Å². The zero-order chi connectivity index (χ0) is 8.55. The van der Waals surface area contributed by atoms with Gasteiger partial charge in [-0.15, -0.1) is 0 Å². The van der Waals surface area contributed by atoms with Crippen LogP contribution in [-0.4, -0.2) is 0 Å². The van der Waals surface area contributed by atoms with Crippen LogP contribution in [0.15, 0.2) is 18.7 Å². The third kappa shape index (κ3) is 1.02. The van der Waals surface area contributed by atoms with Crippen LogP contribution in [0.5, 0.6) is 11.5 Å². The van der Waals surface area contributed by atoms with Crippen molar-refractivity contribution in [3.63, 3.8) is 0 Å². The highest BCUT2D eigenvalue weighted by atomic mass is 16.6. The molecule has 0 unspecified atom stereocenters. The van der Waals surface area contributed by atoms with Crippen molar-refractivity contribution < 1.29 is 4.74 Å². The molecule has 0 bridgehead atoms. The highest BCUT2D eigenvalue weighted by molar-refractivity contribution is 5.68. The Kier molecular flexibility index (Phi) is 1.65. The summed E-state index contributed by atoms with van der Waals surface area (Å²) in [5.74, 6) is 2.14. The maximum absolute atomic E-state index is 5.32. The summed E-state index contributed by atoms with van der Waals surface area (Å²) < 4.78 is 5.32. The summed E-state index contributed by atoms with van der Waals surface area (Å²) in [5.41, 5.74) is 2.54. The van der Waals surface area contributed by atoms with E-state index in [2.05, 4.69) is 19.6 Å². The Balaban J connectivity index is 2.43. The average molecular weight is 160 g/mol. The monoisotopic (exact) mass is 160 g/mol. The summed E-state index contributed by atoms with van der Waals surface area (Å²) in [7, 11) is 0. The van der Waals surface area contributed by atoms with Gasteiger partial charge in [-0.05, 0) is 18.1 Å². The second kappa shape index (κ2) is 2.67. The van der Waals surface area contributed by atoms with Crippen molar-refractivity contribution >= 4 is 6.08 Å². The number of hydrogen-bond acceptors (Lipinski definition) is 1. The lowest BCUT2D eigenvalue weighted by molar-refractivity contribution is 0.642. The summed E-state index contributed by atoms with van der Waals surface area (Å²) in [4.78, 5) is 0. The van der Waals surface area contributed by atoms with Gasteiger partial charge in [0.1, 0.15) is 0 Å². The van der Waals surface area contributed by atoms with Gasteiger partial charge in [-0.1, -0.05) is 32.1 Å². The van der Waals surface area contributed by atoms with Crippen molar-refractivity contribution in [1.29, 1.82) is 0 Å². The van der Waals surface area contributed by atoms with Crippen LogP contribution in [0.25, 0.3) is 6.08 Å². The van der Waals surface area contributed by atoms with E-state index in [4.69, 9.17) is 4.74 Å². The minimum absolute atomic E-state index is 1.05. The van der Waals surface area contributed by atoms with Crippen LogP contribution in [0.4, 0.5) is 0 Å². The molecule has 0 saturated carbocycles. The van der Waals surface area contributed by atoms with Gasteiger partial charge in [0.2, 0.25) is 0 Å². The Morgan fingerprint density at radius 2 is 2.33 bits per heavy atom. The van der Waals surface area contributed by atoms with Crippen LogP contribution in [0.1, 0.15) is 24.5 Å². The molecule has 0 aliphatic carbocycles. The van der Waals surface area contributed by atoms with Gasteiger partial charge >= 0.3 is 0 Å². The molecule has 1 aromatic rings. The molecule has 0 aromatic heterocycles. The lowest BCUT2D eigenvalue weighted by Crippen LogP contribution is -1.84. The van der Waals surface area contributed by atoms with E-state index in [1.807, 2.05) is 12.1 Å². The molecule has 1 nitrogen and oxygen atoms in total. The first kappa shape index (κ1) is 7.41. The van der Waals surface area contributed by atoms with Gasteiger partial charge in [-0.2, -0.15) is 0 Å². The van der Waals surface area contributed by atoms with E-state index in [1.165, 1.54) is 11.1 Å².